The van der Waals surface area contributed by atoms with E-state index in [-0.39, 0.29) is 60.5 Å². The first-order valence-corrected chi connectivity index (χ1v) is 12.8. The number of tetrazole rings is 1. The van der Waals surface area contributed by atoms with Crippen LogP contribution in [0.25, 0.3) is 0 Å². The average Bonchev–Trinajstić information content (AvgIpc) is 3.65. The molecule has 1 saturated heterocycles. The summed E-state index contributed by atoms with van der Waals surface area (Å²) in [4.78, 5) is 37.4. The Hall–Kier alpha value is -4.60. The summed E-state index contributed by atoms with van der Waals surface area (Å²) in [6.45, 7) is 1.39. The first-order chi connectivity index (χ1) is 19.3. The van der Waals surface area contributed by atoms with Crippen LogP contribution in [0.1, 0.15) is 17.5 Å². The highest BCUT2D eigenvalue weighted by Crippen LogP contribution is 2.32. The number of rotatable bonds is 9. The number of fused-ring (bicyclic) bond motifs is 2. The number of hydrogen-bond donors (Lipinski definition) is 2. The van der Waals surface area contributed by atoms with E-state index < -0.39 is 6.09 Å². The normalized spacial score (nSPS) is 19.7. The minimum absolute atomic E-state index is 0.0812. The summed E-state index contributed by atoms with van der Waals surface area (Å²) in [6.07, 6.45) is 2.37. The molecule has 1 fully saturated rings. The third kappa shape index (κ3) is 5.29. The van der Waals surface area contributed by atoms with Gasteiger partial charge in [-0.25, -0.2) is 19.2 Å². The number of nitrogens with one attached hydrogen (secondary N) is 1. The van der Waals surface area contributed by atoms with Gasteiger partial charge in [0.05, 0.1) is 19.3 Å². The topological polar surface area (TPSA) is 176 Å². The number of halogens is 1. The number of nitrogens with zero attached hydrogens (tertiary/aromatic N) is 8. The van der Waals surface area contributed by atoms with E-state index in [1.165, 1.54) is 22.0 Å². The van der Waals surface area contributed by atoms with Crippen LogP contribution in [0, 0.1) is 5.82 Å². The van der Waals surface area contributed by atoms with Gasteiger partial charge in [0.15, 0.2) is 18.2 Å². The van der Waals surface area contributed by atoms with Crippen molar-refractivity contribution in [2.24, 2.45) is 0 Å². The minimum atomic E-state index is -0.532. The number of benzene rings is 1. The van der Waals surface area contributed by atoms with Gasteiger partial charge in [-0.15, -0.1) is 5.10 Å². The van der Waals surface area contributed by atoms with Crippen molar-refractivity contribution in [1.29, 1.82) is 0 Å². The number of nitrogen functional groups attached to an aromatic ring is 1. The lowest BCUT2D eigenvalue weighted by atomic mass is 10.1. The van der Waals surface area contributed by atoms with E-state index in [0.29, 0.717) is 50.2 Å². The van der Waals surface area contributed by atoms with Crippen molar-refractivity contribution in [3.8, 4) is 11.6 Å². The van der Waals surface area contributed by atoms with Gasteiger partial charge in [0.25, 0.3) is 17.7 Å². The van der Waals surface area contributed by atoms with Crippen LogP contribution < -0.4 is 25.4 Å². The summed E-state index contributed by atoms with van der Waals surface area (Å²) < 4.78 is 31.4. The number of carbonyl (C=O) groups excluding carboxylic acids is 2. The molecule has 2 aromatic heterocycles. The second-order valence-corrected chi connectivity index (χ2v) is 9.80. The summed E-state index contributed by atoms with van der Waals surface area (Å²) in [7, 11) is 1.98. The highest BCUT2D eigenvalue weighted by Gasteiger charge is 2.35. The number of hydrogen-bond acceptors (Lipinski definition) is 12. The zero-order valence-electron chi connectivity index (χ0n) is 21.6. The molecular weight excluding hydrogens is 527 g/mol. The zero-order chi connectivity index (χ0) is 27.8. The smallest absolute Gasteiger partial charge is 0.415 e. The number of anilines is 3. The number of nitrogens with two attached hydrogens (primary N) is 1. The Balaban J connectivity index is 1.01. The number of likely N-dealkylation sites (N-methyl/N-ethyl adjacent to an activating group) is 1. The second kappa shape index (κ2) is 10.5. The Bertz CT molecular complexity index is 1450. The fourth-order valence-corrected chi connectivity index (χ4v) is 5.01. The highest BCUT2D eigenvalue weighted by molar-refractivity contribution is 5.94. The predicted octanol–water partition coefficient (Wildman–Crippen LogP) is 0.409. The molecule has 16 heteroatoms. The molecule has 2 atom stereocenters. The molecule has 3 aliphatic rings. The van der Waals surface area contributed by atoms with Crippen molar-refractivity contribution < 1.29 is 28.2 Å². The molecule has 1 aromatic carbocycles. The van der Waals surface area contributed by atoms with Crippen molar-refractivity contribution in [3.63, 3.8) is 0 Å². The molecule has 15 nitrogen and oxygen atoms in total. The van der Waals surface area contributed by atoms with Gasteiger partial charge in [-0.2, -0.15) is 4.80 Å². The Morgan fingerprint density at radius 3 is 3.00 bits per heavy atom. The summed E-state index contributed by atoms with van der Waals surface area (Å²) in [5, 5.41) is 13.8. The molecule has 4 heterocycles. The molecule has 2 aliphatic heterocycles. The fourth-order valence-electron chi connectivity index (χ4n) is 5.01. The predicted molar refractivity (Wildman–Crippen MR) is 136 cm³/mol. The number of ether oxygens (including phenoxy) is 3. The van der Waals surface area contributed by atoms with Crippen LogP contribution in [-0.2, 0) is 28.9 Å². The zero-order valence-corrected chi connectivity index (χ0v) is 21.6. The summed E-state index contributed by atoms with van der Waals surface area (Å²) in [5.74, 6) is 0.541. The van der Waals surface area contributed by atoms with Crippen LogP contribution in [0.2, 0.25) is 0 Å². The van der Waals surface area contributed by atoms with Crippen LogP contribution in [0.3, 0.4) is 0 Å². The monoisotopic (exact) mass is 554 g/mol. The van der Waals surface area contributed by atoms with Gasteiger partial charge in [0.2, 0.25) is 0 Å². The first kappa shape index (κ1) is 25.7. The SMILES string of the molecule is CN(CCC1CN(c2cnc3c(n2)NC(=O)CO3)C(=O)O1)C1Cc2cc(OCCn3nnc(N)n3)cc(F)c2C1. The van der Waals surface area contributed by atoms with Gasteiger partial charge in [-0.3, -0.25) is 9.69 Å². The quantitative estimate of drug-likeness (QED) is 0.373. The molecule has 3 N–H and O–H groups in total. The van der Waals surface area contributed by atoms with E-state index in [0.717, 1.165) is 5.56 Å². The third-order valence-corrected chi connectivity index (χ3v) is 7.09. The molecule has 2 amide bonds. The maximum absolute atomic E-state index is 14.9. The van der Waals surface area contributed by atoms with Crippen LogP contribution in [0.15, 0.2) is 18.3 Å². The van der Waals surface area contributed by atoms with Crippen LogP contribution in [0.4, 0.5) is 26.8 Å². The van der Waals surface area contributed by atoms with Crippen molar-refractivity contribution in [1.82, 2.24) is 35.1 Å². The number of cyclic esters (lactones) is 1. The molecule has 0 bridgehead atoms. The molecule has 0 saturated carbocycles. The molecule has 210 valence electrons. The maximum atomic E-state index is 14.9. The van der Waals surface area contributed by atoms with E-state index in [9.17, 15) is 14.0 Å². The van der Waals surface area contributed by atoms with Crippen LogP contribution >= 0.6 is 0 Å². The molecular formula is C24H27FN10O5. The van der Waals surface area contributed by atoms with E-state index in [4.69, 9.17) is 19.9 Å². The molecule has 6 rings (SSSR count). The Labute approximate surface area is 227 Å². The lowest BCUT2D eigenvalue weighted by Gasteiger charge is -2.25. The molecule has 0 spiro atoms. The average molecular weight is 555 g/mol. The van der Waals surface area contributed by atoms with Crippen molar-refractivity contribution in [2.45, 2.75) is 38.0 Å². The summed E-state index contributed by atoms with van der Waals surface area (Å²) in [6, 6.07) is 3.38. The van der Waals surface area contributed by atoms with Crippen molar-refractivity contribution >= 4 is 29.6 Å². The third-order valence-electron chi connectivity index (χ3n) is 7.09. The van der Waals surface area contributed by atoms with E-state index >= 15 is 0 Å². The summed E-state index contributed by atoms with van der Waals surface area (Å²) >= 11 is 0. The summed E-state index contributed by atoms with van der Waals surface area (Å²) in [5.41, 5.74) is 7.06. The standard InChI is InChI=1S/C24H27FN10O5/c1-33(3-2-15-11-34(24(37)40-15)19-10-27-22-21(28-19)29-20(36)12-39-22)14-6-13-7-16(9-18(25)17(13)8-14)38-5-4-35-31-23(26)30-32-35/h7,9-10,14-15H,2-6,8,11-12H2,1H3,(H2,26,31)(H,28,29,36). The second-order valence-electron chi connectivity index (χ2n) is 9.80. The van der Waals surface area contributed by atoms with Crippen LogP contribution in [0.5, 0.6) is 11.6 Å². The van der Waals surface area contributed by atoms with Crippen molar-refractivity contribution in [2.75, 3.05) is 49.3 Å². The van der Waals surface area contributed by atoms with Gasteiger partial charge in [0.1, 0.15) is 24.3 Å². The van der Waals surface area contributed by atoms with E-state index in [1.54, 1.807) is 0 Å². The van der Waals surface area contributed by atoms with Crippen LogP contribution in [-0.4, -0.2) is 92.6 Å². The number of amides is 2. The van der Waals surface area contributed by atoms with E-state index in [1.807, 2.05) is 13.1 Å². The fraction of sp³-hybridized carbons (Fsp3) is 0.458. The van der Waals surface area contributed by atoms with Gasteiger partial charge < -0.3 is 30.2 Å². The van der Waals surface area contributed by atoms with Gasteiger partial charge in [-0.1, -0.05) is 5.10 Å². The molecule has 0 radical (unpaired) electrons. The molecule has 3 aromatic rings. The lowest BCUT2D eigenvalue weighted by molar-refractivity contribution is -0.118. The first-order valence-electron chi connectivity index (χ1n) is 12.8. The lowest BCUT2D eigenvalue weighted by Crippen LogP contribution is -2.35. The largest absolute Gasteiger partial charge is 0.491 e. The Morgan fingerprint density at radius 2 is 2.17 bits per heavy atom. The molecule has 2 unspecified atom stereocenters. The van der Waals surface area contributed by atoms with Gasteiger partial charge >= 0.3 is 6.09 Å². The van der Waals surface area contributed by atoms with Crippen molar-refractivity contribution in [3.05, 3.63) is 35.3 Å². The molecule has 40 heavy (non-hydrogen) atoms. The van der Waals surface area contributed by atoms with E-state index in [2.05, 4.69) is 35.6 Å². The van der Waals surface area contributed by atoms with Gasteiger partial charge in [-0.05, 0) is 48.7 Å². The Kier molecular flexibility index (Phi) is 6.75. The number of carbonyl (C=O) groups is 2. The highest BCUT2D eigenvalue weighted by atomic mass is 19.1. The minimum Gasteiger partial charge on any atom is -0.491 e. The molecule has 1 aliphatic carbocycles. The van der Waals surface area contributed by atoms with Gasteiger partial charge in [0, 0.05) is 18.7 Å². The maximum Gasteiger partial charge on any atom is 0.415 e. The Morgan fingerprint density at radius 1 is 1.30 bits per heavy atom. The number of aromatic nitrogens is 6.